The molecule has 1 aromatic carbocycles. The summed E-state index contributed by atoms with van der Waals surface area (Å²) in [7, 11) is 0. The molecule has 0 aliphatic carbocycles. The van der Waals surface area contributed by atoms with Gasteiger partial charge in [-0.3, -0.25) is 4.79 Å². The van der Waals surface area contributed by atoms with Crippen molar-refractivity contribution >= 4 is 22.2 Å². The fraction of sp³-hybridized carbons (Fsp3) is 0.462. The van der Waals surface area contributed by atoms with Crippen LogP contribution in [0.25, 0.3) is 0 Å². The molecule has 0 saturated carbocycles. The van der Waals surface area contributed by atoms with Crippen LogP contribution >= 0.6 is 15.9 Å². The summed E-state index contributed by atoms with van der Waals surface area (Å²) in [6.45, 7) is 8.08. The highest BCUT2D eigenvalue weighted by Crippen LogP contribution is 2.33. The molecule has 0 N–H and O–H groups in total. The van der Waals surface area contributed by atoms with Gasteiger partial charge < -0.3 is 4.74 Å². The average Bonchev–Trinajstić information content (AvgIpc) is 2.19. The zero-order valence-corrected chi connectivity index (χ0v) is 11.7. The molecule has 0 aromatic heterocycles. The van der Waals surface area contributed by atoms with E-state index < -0.39 is 0 Å². The first-order valence-electron chi connectivity index (χ1n) is 5.41. The molecule has 0 saturated heterocycles. The van der Waals surface area contributed by atoms with Gasteiger partial charge in [-0.15, -0.1) is 0 Å². The summed E-state index contributed by atoms with van der Waals surface area (Å²) in [6.07, 6.45) is 0.897. The quantitative estimate of drug-likeness (QED) is 0.776. The lowest BCUT2D eigenvalue weighted by atomic mass is 10.0. The van der Waals surface area contributed by atoms with E-state index in [-0.39, 0.29) is 6.10 Å². The molecule has 3 heteroatoms. The predicted molar refractivity (Wildman–Crippen MR) is 69.4 cm³/mol. The summed E-state index contributed by atoms with van der Waals surface area (Å²) in [6, 6.07) is 3.90. The minimum absolute atomic E-state index is 0.0555. The van der Waals surface area contributed by atoms with Crippen LogP contribution in [-0.4, -0.2) is 12.4 Å². The maximum atomic E-state index is 11.0. The van der Waals surface area contributed by atoms with Crippen LogP contribution in [0, 0.1) is 0 Å². The van der Waals surface area contributed by atoms with Gasteiger partial charge in [-0.05, 0) is 53.4 Å². The predicted octanol–water partition coefficient (Wildman–Crippen LogP) is 4.17. The molecule has 0 aliphatic rings. The summed E-state index contributed by atoms with van der Waals surface area (Å²) < 4.78 is 6.47. The Morgan fingerprint density at radius 2 is 1.88 bits per heavy atom. The second-order valence-electron chi connectivity index (χ2n) is 4.36. The molecule has 0 fully saturated rings. The number of benzene rings is 1. The first kappa shape index (κ1) is 13.2. The van der Waals surface area contributed by atoms with Crippen LogP contribution in [-0.2, 0) is 0 Å². The van der Waals surface area contributed by atoms with Crippen molar-refractivity contribution in [2.75, 3.05) is 0 Å². The van der Waals surface area contributed by atoms with Crippen molar-refractivity contribution in [1.82, 2.24) is 0 Å². The second-order valence-corrected chi connectivity index (χ2v) is 5.21. The third-order valence-electron chi connectivity index (χ3n) is 2.24. The van der Waals surface area contributed by atoms with Gasteiger partial charge in [0, 0.05) is 0 Å². The molecule has 0 unspecified atom stereocenters. The largest absolute Gasteiger partial charge is 0.489 e. The number of halogens is 1. The van der Waals surface area contributed by atoms with Crippen LogP contribution in [0.5, 0.6) is 5.75 Å². The van der Waals surface area contributed by atoms with Crippen molar-refractivity contribution in [2.24, 2.45) is 0 Å². The molecular weight excluding hydrogens is 268 g/mol. The highest BCUT2D eigenvalue weighted by Gasteiger charge is 2.13. The molecule has 0 heterocycles. The van der Waals surface area contributed by atoms with Crippen molar-refractivity contribution in [3.8, 4) is 5.75 Å². The Kier molecular flexibility index (Phi) is 4.54. The first-order chi connectivity index (χ1) is 7.45. The number of ether oxygens (including phenoxy) is 1. The summed E-state index contributed by atoms with van der Waals surface area (Å²) in [5.74, 6) is 1.03. The lowest BCUT2D eigenvalue weighted by Crippen LogP contribution is -2.08. The molecule has 0 spiro atoms. The van der Waals surface area contributed by atoms with Crippen molar-refractivity contribution in [3.63, 3.8) is 0 Å². The van der Waals surface area contributed by atoms with Crippen LogP contribution < -0.4 is 4.74 Å². The number of carbonyl (C=O) groups is 1. The normalized spacial score (nSPS) is 10.9. The molecule has 2 nitrogen and oxygen atoms in total. The molecule has 1 aromatic rings. The highest BCUT2D eigenvalue weighted by atomic mass is 79.9. The van der Waals surface area contributed by atoms with Gasteiger partial charge in [0.1, 0.15) is 5.75 Å². The maximum Gasteiger partial charge on any atom is 0.153 e. The third kappa shape index (κ3) is 3.08. The van der Waals surface area contributed by atoms with Gasteiger partial charge in [0.25, 0.3) is 0 Å². The summed E-state index contributed by atoms with van der Waals surface area (Å²) in [4.78, 5) is 11.0. The fourth-order valence-corrected chi connectivity index (χ4v) is 2.00. The summed E-state index contributed by atoms with van der Waals surface area (Å²) >= 11 is 3.45. The Morgan fingerprint density at radius 3 is 2.31 bits per heavy atom. The van der Waals surface area contributed by atoms with Crippen LogP contribution in [0.15, 0.2) is 16.6 Å². The summed E-state index contributed by atoms with van der Waals surface area (Å²) in [5, 5.41) is 0. The number of carbonyl (C=O) groups excluding carboxylic acids is 1. The maximum absolute atomic E-state index is 11.0. The molecule has 88 valence electrons. The number of hydrogen-bond donors (Lipinski definition) is 0. The van der Waals surface area contributed by atoms with Crippen molar-refractivity contribution in [1.29, 1.82) is 0 Å². The minimum atomic E-state index is 0.0555. The van der Waals surface area contributed by atoms with E-state index in [1.807, 2.05) is 26.0 Å². The monoisotopic (exact) mass is 284 g/mol. The molecule has 0 aliphatic heterocycles. The van der Waals surface area contributed by atoms with Gasteiger partial charge in [-0.25, -0.2) is 0 Å². The van der Waals surface area contributed by atoms with Crippen LogP contribution in [0.2, 0.25) is 0 Å². The topological polar surface area (TPSA) is 26.3 Å². The van der Waals surface area contributed by atoms with Gasteiger partial charge in [0.15, 0.2) is 6.29 Å². The van der Waals surface area contributed by atoms with Crippen molar-refractivity contribution in [3.05, 3.63) is 27.7 Å². The molecular formula is C13H17BrO2. The van der Waals surface area contributed by atoms with Gasteiger partial charge in [-0.1, -0.05) is 13.8 Å². The SMILES string of the molecule is CC(C)Oc1c(Br)cc(C(C)C)cc1C=O. The molecule has 1 rings (SSSR count). The fourth-order valence-electron chi connectivity index (χ4n) is 1.42. The van der Waals surface area contributed by atoms with E-state index in [1.165, 1.54) is 0 Å². The Hall–Kier alpha value is -0.830. The molecule has 0 bridgehead atoms. The van der Waals surface area contributed by atoms with E-state index in [0.717, 1.165) is 16.3 Å². The number of hydrogen-bond acceptors (Lipinski definition) is 2. The van der Waals surface area contributed by atoms with Gasteiger partial charge >= 0.3 is 0 Å². The van der Waals surface area contributed by atoms with E-state index >= 15 is 0 Å². The van der Waals surface area contributed by atoms with E-state index in [0.29, 0.717) is 17.2 Å². The average molecular weight is 285 g/mol. The Labute approximate surface area is 105 Å². The Balaban J connectivity index is 3.23. The van der Waals surface area contributed by atoms with E-state index in [4.69, 9.17) is 4.74 Å². The molecule has 16 heavy (non-hydrogen) atoms. The smallest absolute Gasteiger partial charge is 0.153 e. The summed E-state index contributed by atoms with van der Waals surface area (Å²) in [5.41, 5.74) is 1.73. The number of rotatable bonds is 4. The van der Waals surface area contributed by atoms with E-state index in [9.17, 15) is 4.79 Å². The zero-order valence-electron chi connectivity index (χ0n) is 10.1. The van der Waals surface area contributed by atoms with Crippen molar-refractivity contribution in [2.45, 2.75) is 39.7 Å². The Bertz CT molecular complexity index is 384. The van der Waals surface area contributed by atoms with Gasteiger partial charge in [0.05, 0.1) is 16.1 Å². The lowest BCUT2D eigenvalue weighted by Gasteiger charge is -2.16. The minimum Gasteiger partial charge on any atom is -0.489 e. The first-order valence-corrected chi connectivity index (χ1v) is 6.20. The van der Waals surface area contributed by atoms with Gasteiger partial charge in [-0.2, -0.15) is 0 Å². The lowest BCUT2D eigenvalue weighted by molar-refractivity contribution is 0.111. The number of aldehydes is 1. The van der Waals surface area contributed by atoms with Crippen LogP contribution in [0.4, 0.5) is 0 Å². The Morgan fingerprint density at radius 1 is 1.25 bits per heavy atom. The second kappa shape index (κ2) is 5.48. The van der Waals surface area contributed by atoms with Crippen LogP contribution in [0.3, 0.4) is 0 Å². The highest BCUT2D eigenvalue weighted by molar-refractivity contribution is 9.10. The molecule has 0 radical (unpaired) electrons. The van der Waals surface area contributed by atoms with Crippen LogP contribution in [0.1, 0.15) is 49.5 Å². The van der Waals surface area contributed by atoms with Crippen molar-refractivity contribution < 1.29 is 9.53 Å². The molecule has 0 amide bonds. The third-order valence-corrected chi connectivity index (χ3v) is 2.83. The standard InChI is InChI=1S/C13H17BrO2/c1-8(2)10-5-11(7-15)13(12(14)6-10)16-9(3)4/h5-9H,1-4H3. The van der Waals surface area contributed by atoms with E-state index in [2.05, 4.69) is 29.8 Å². The molecule has 0 atom stereocenters. The van der Waals surface area contributed by atoms with E-state index in [1.54, 1.807) is 0 Å². The zero-order chi connectivity index (χ0) is 12.3. The van der Waals surface area contributed by atoms with Gasteiger partial charge in [0.2, 0.25) is 0 Å².